The van der Waals surface area contributed by atoms with E-state index in [2.05, 4.69) is 16.9 Å². The van der Waals surface area contributed by atoms with Crippen LogP contribution in [-0.2, 0) is 6.42 Å². The van der Waals surface area contributed by atoms with Gasteiger partial charge in [-0.25, -0.2) is 18.7 Å². The monoisotopic (exact) mass is 356 g/mol. The summed E-state index contributed by atoms with van der Waals surface area (Å²) < 4.78 is 64.3. The number of benzene rings is 1. The lowest BCUT2D eigenvalue weighted by Gasteiger charge is -2.06. The van der Waals surface area contributed by atoms with Crippen LogP contribution in [0.4, 0.5) is 22.0 Å². The van der Waals surface area contributed by atoms with Gasteiger partial charge in [-0.15, -0.1) is 0 Å². The van der Waals surface area contributed by atoms with Crippen LogP contribution in [0.2, 0.25) is 0 Å². The molecule has 0 unspecified atom stereocenters. The summed E-state index contributed by atoms with van der Waals surface area (Å²) in [5, 5.41) is 0. The van der Waals surface area contributed by atoms with Gasteiger partial charge < -0.3 is 0 Å². The molecule has 2 aromatic rings. The van der Waals surface area contributed by atoms with Crippen LogP contribution in [-0.4, -0.2) is 16.1 Å². The maximum atomic E-state index is 13.9. The number of hydrogen-bond donors (Lipinski definition) is 0. The summed E-state index contributed by atoms with van der Waals surface area (Å²) in [5.74, 6) is -2.10. The number of alkyl halides is 3. The highest BCUT2D eigenvalue weighted by molar-refractivity contribution is 5.61. The molecule has 2 nitrogen and oxygen atoms in total. The summed E-state index contributed by atoms with van der Waals surface area (Å²) in [4.78, 5) is 8.16. The minimum atomic E-state index is -4.64. The Labute approximate surface area is 142 Å². The Morgan fingerprint density at radius 2 is 1.60 bits per heavy atom. The molecule has 134 valence electrons. The van der Waals surface area contributed by atoms with Crippen LogP contribution in [0.1, 0.15) is 37.3 Å². The summed E-state index contributed by atoms with van der Waals surface area (Å²) in [6, 6.07) is 1.84. The molecule has 0 bridgehead atoms. The van der Waals surface area contributed by atoms with Crippen LogP contribution >= 0.6 is 0 Å². The van der Waals surface area contributed by atoms with Gasteiger partial charge in [0.15, 0.2) is 5.82 Å². The first-order chi connectivity index (χ1) is 11.8. The van der Waals surface area contributed by atoms with Crippen molar-refractivity contribution in [3.05, 3.63) is 53.4 Å². The van der Waals surface area contributed by atoms with Gasteiger partial charge in [-0.05, 0) is 36.6 Å². The van der Waals surface area contributed by atoms with Crippen molar-refractivity contribution in [2.75, 3.05) is 0 Å². The number of aromatic nitrogens is 2. The SMILES string of the molecule is CCCCCc1cnc(-c2cc(F)c(/C=C/C(F)(F)F)c(F)c2)nc1. The van der Waals surface area contributed by atoms with Crippen molar-refractivity contribution in [3.8, 4) is 11.4 Å². The van der Waals surface area contributed by atoms with Crippen molar-refractivity contribution in [1.82, 2.24) is 9.97 Å². The quantitative estimate of drug-likeness (QED) is 0.488. The first-order valence-electron chi connectivity index (χ1n) is 7.86. The first-order valence-corrected chi connectivity index (χ1v) is 7.86. The Hall–Kier alpha value is -2.31. The van der Waals surface area contributed by atoms with Crippen LogP contribution in [0.3, 0.4) is 0 Å². The predicted octanol–water partition coefficient (Wildman–Crippen LogP) is 5.73. The van der Waals surface area contributed by atoms with Gasteiger partial charge in [0, 0.05) is 29.6 Å². The highest BCUT2D eigenvalue weighted by Gasteiger charge is 2.23. The average Bonchev–Trinajstić information content (AvgIpc) is 2.54. The van der Waals surface area contributed by atoms with Gasteiger partial charge in [-0.3, -0.25) is 0 Å². The Bertz CT molecular complexity index is 713. The molecular formula is C18H17F5N2. The molecule has 0 N–H and O–H groups in total. The van der Waals surface area contributed by atoms with E-state index in [1.54, 1.807) is 12.4 Å². The number of unbranched alkanes of at least 4 members (excludes halogenated alkanes) is 2. The van der Waals surface area contributed by atoms with Crippen LogP contribution in [0.25, 0.3) is 17.5 Å². The van der Waals surface area contributed by atoms with Crippen molar-refractivity contribution in [2.24, 2.45) is 0 Å². The minimum Gasteiger partial charge on any atom is -0.236 e. The van der Waals surface area contributed by atoms with Crippen LogP contribution in [0, 0.1) is 11.6 Å². The van der Waals surface area contributed by atoms with Crippen LogP contribution in [0.15, 0.2) is 30.6 Å². The summed E-state index contributed by atoms with van der Waals surface area (Å²) in [6.07, 6.45) is 2.69. The third-order valence-corrected chi connectivity index (χ3v) is 3.55. The fourth-order valence-electron chi connectivity index (χ4n) is 2.26. The van der Waals surface area contributed by atoms with Gasteiger partial charge in [0.05, 0.1) is 0 Å². The third kappa shape index (κ3) is 5.62. The molecule has 2 rings (SSSR count). The Kier molecular flexibility index (Phi) is 6.22. The van der Waals surface area contributed by atoms with Crippen molar-refractivity contribution < 1.29 is 22.0 Å². The molecule has 7 heteroatoms. The topological polar surface area (TPSA) is 25.8 Å². The van der Waals surface area contributed by atoms with E-state index in [-0.39, 0.29) is 17.5 Å². The molecule has 0 aliphatic rings. The normalized spacial score (nSPS) is 12.1. The standard InChI is InChI=1S/C18H17F5N2/c1-2-3-4-5-12-10-24-17(25-11-12)13-8-15(19)14(16(20)9-13)6-7-18(21,22)23/h6-11H,2-5H2,1H3/b7-6+. The van der Waals surface area contributed by atoms with Gasteiger partial charge in [0.25, 0.3) is 0 Å². The van der Waals surface area contributed by atoms with E-state index < -0.39 is 23.4 Å². The molecule has 1 heterocycles. The smallest absolute Gasteiger partial charge is 0.236 e. The van der Waals surface area contributed by atoms with Crippen molar-refractivity contribution in [1.29, 1.82) is 0 Å². The molecule has 0 saturated carbocycles. The third-order valence-electron chi connectivity index (χ3n) is 3.55. The van der Waals surface area contributed by atoms with Gasteiger partial charge >= 0.3 is 6.18 Å². The molecule has 0 spiro atoms. The van der Waals surface area contributed by atoms with E-state index in [4.69, 9.17) is 0 Å². The number of allylic oxidation sites excluding steroid dienone is 1. The summed E-state index contributed by atoms with van der Waals surface area (Å²) >= 11 is 0. The molecule has 0 atom stereocenters. The number of nitrogens with zero attached hydrogens (tertiary/aromatic N) is 2. The fourth-order valence-corrected chi connectivity index (χ4v) is 2.26. The first kappa shape index (κ1) is 19.0. The molecule has 1 aromatic heterocycles. The van der Waals surface area contributed by atoms with Crippen molar-refractivity contribution in [2.45, 2.75) is 38.8 Å². The molecule has 0 amide bonds. The maximum Gasteiger partial charge on any atom is 0.409 e. The van der Waals surface area contributed by atoms with Gasteiger partial charge in [0.1, 0.15) is 11.6 Å². The van der Waals surface area contributed by atoms with Crippen LogP contribution in [0.5, 0.6) is 0 Å². The molecule has 0 aliphatic carbocycles. The number of hydrogen-bond acceptors (Lipinski definition) is 2. The lowest BCUT2D eigenvalue weighted by Crippen LogP contribution is -2.01. The van der Waals surface area contributed by atoms with E-state index >= 15 is 0 Å². The lowest BCUT2D eigenvalue weighted by molar-refractivity contribution is -0.0790. The fraction of sp³-hybridized carbons (Fsp3) is 0.333. The number of aryl methyl sites for hydroxylation is 1. The van der Waals surface area contributed by atoms with Gasteiger partial charge in [-0.1, -0.05) is 19.8 Å². The molecule has 0 fully saturated rings. The highest BCUT2D eigenvalue weighted by Crippen LogP contribution is 2.25. The van der Waals surface area contributed by atoms with E-state index in [9.17, 15) is 22.0 Å². The minimum absolute atomic E-state index is 0.0688. The van der Waals surface area contributed by atoms with E-state index in [1.807, 2.05) is 0 Å². The molecule has 0 radical (unpaired) electrons. The maximum absolute atomic E-state index is 13.9. The zero-order chi connectivity index (χ0) is 18.4. The number of rotatable bonds is 6. The Morgan fingerprint density at radius 1 is 1.00 bits per heavy atom. The van der Waals surface area contributed by atoms with E-state index in [0.717, 1.165) is 43.4 Å². The van der Waals surface area contributed by atoms with Gasteiger partial charge in [-0.2, -0.15) is 13.2 Å². The zero-order valence-corrected chi connectivity index (χ0v) is 13.6. The zero-order valence-electron chi connectivity index (χ0n) is 13.6. The second kappa shape index (κ2) is 8.18. The average molecular weight is 356 g/mol. The molecule has 0 aliphatic heterocycles. The predicted molar refractivity (Wildman–Crippen MR) is 85.7 cm³/mol. The van der Waals surface area contributed by atoms with Crippen LogP contribution < -0.4 is 0 Å². The van der Waals surface area contributed by atoms with E-state index in [1.165, 1.54) is 0 Å². The highest BCUT2D eigenvalue weighted by atomic mass is 19.4. The lowest BCUT2D eigenvalue weighted by atomic mass is 10.1. The van der Waals surface area contributed by atoms with Crippen molar-refractivity contribution in [3.63, 3.8) is 0 Å². The molecule has 0 saturated heterocycles. The second-order valence-corrected chi connectivity index (χ2v) is 5.60. The Balaban J connectivity index is 2.22. The van der Waals surface area contributed by atoms with Gasteiger partial charge in [0.2, 0.25) is 0 Å². The summed E-state index contributed by atoms with van der Waals surface area (Å²) in [7, 11) is 0. The van der Waals surface area contributed by atoms with E-state index in [0.29, 0.717) is 6.08 Å². The largest absolute Gasteiger partial charge is 0.409 e. The Morgan fingerprint density at radius 3 is 2.12 bits per heavy atom. The molecule has 25 heavy (non-hydrogen) atoms. The molecule has 1 aromatic carbocycles. The number of halogens is 5. The summed E-state index contributed by atoms with van der Waals surface area (Å²) in [6.45, 7) is 2.09. The van der Waals surface area contributed by atoms with Crippen molar-refractivity contribution >= 4 is 6.08 Å². The second-order valence-electron chi connectivity index (χ2n) is 5.60. The molecular weight excluding hydrogens is 339 g/mol. The summed E-state index contributed by atoms with van der Waals surface area (Å²) in [5.41, 5.74) is 0.236.